The van der Waals surface area contributed by atoms with Gasteiger partial charge in [0.15, 0.2) is 5.11 Å². The van der Waals surface area contributed by atoms with Crippen LogP contribution in [0.5, 0.6) is 5.75 Å². The van der Waals surface area contributed by atoms with Gasteiger partial charge in [0, 0.05) is 44.3 Å². The number of pyridine rings is 1. The van der Waals surface area contributed by atoms with Gasteiger partial charge in [-0.3, -0.25) is 4.98 Å². The van der Waals surface area contributed by atoms with Crippen molar-refractivity contribution in [3.63, 3.8) is 0 Å². The second kappa shape index (κ2) is 8.29. The molecule has 0 aliphatic carbocycles. The number of hydrogen-bond acceptors (Lipinski definition) is 4. The molecule has 1 aliphatic rings. The fourth-order valence-corrected chi connectivity index (χ4v) is 3.83. The van der Waals surface area contributed by atoms with Crippen molar-refractivity contribution in [1.82, 2.24) is 9.88 Å². The van der Waals surface area contributed by atoms with Crippen LogP contribution in [0.2, 0.25) is 10.0 Å². The summed E-state index contributed by atoms with van der Waals surface area (Å²) in [4.78, 5) is 8.33. The van der Waals surface area contributed by atoms with Gasteiger partial charge in [-0.25, -0.2) is 0 Å². The lowest BCUT2D eigenvalue weighted by molar-refractivity contribution is 0.391. The Kier molecular flexibility index (Phi) is 6.06. The highest BCUT2D eigenvalue weighted by Gasteiger charge is 2.22. The molecule has 0 saturated carbocycles. The Morgan fingerprint density at radius 3 is 2.38 bits per heavy atom. The van der Waals surface area contributed by atoms with E-state index < -0.39 is 0 Å². The minimum Gasteiger partial charge on any atom is -0.497 e. The van der Waals surface area contributed by atoms with Gasteiger partial charge in [0.2, 0.25) is 0 Å². The van der Waals surface area contributed by atoms with Gasteiger partial charge in [0.25, 0.3) is 0 Å². The van der Waals surface area contributed by atoms with Crippen LogP contribution in [0.3, 0.4) is 0 Å². The molecule has 3 rings (SSSR count). The summed E-state index contributed by atoms with van der Waals surface area (Å²) >= 11 is 18.1. The van der Waals surface area contributed by atoms with Gasteiger partial charge >= 0.3 is 0 Å². The smallest absolute Gasteiger partial charge is 0.173 e. The standard InChI is InChI=1S/C18H20Cl2N4OS/c1-12-9-13(25-2)3-4-16(12)22-18(26)24-7-5-23(6-8-24)17-14(19)10-21-11-15(17)20/h3-4,9-11H,5-8H2,1-2H3,(H,22,26). The fraction of sp³-hybridized carbons (Fsp3) is 0.333. The van der Waals surface area contributed by atoms with Crippen LogP contribution in [-0.4, -0.2) is 48.3 Å². The molecular weight excluding hydrogens is 391 g/mol. The van der Waals surface area contributed by atoms with Crippen molar-refractivity contribution < 1.29 is 4.74 Å². The van der Waals surface area contributed by atoms with Crippen LogP contribution >= 0.6 is 35.4 Å². The van der Waals surface area contributed by atoms with E-state index in [4.69, 9.17) is 40.2 Å². The van der Waals surface area contributed by atoms with Crippen molar-refractivity contribution >= 4 is 51.9 Å². The van der Waals surface area contributed by atoms with E-state index in [1.807, 2.05) is 25.1 Å². The molecule has 1 fully saturated rings. The Labute approximate surface area is 168 Å². The quantitative estimate of drug-likeness (QED) is 0.763. The van der Waals surface area contributed by atoms with E-state index in [2.05, 4.69) is 20.1 Å². The molecule has 8 heteroatoms. The van der Waals surface area contributed by atoms with Crippen LogP contribution in [0.25, 0.3) is 0 Å². The number of piperazine rings is 1. The van der Waals surface area contributed by atoms with Crippen molar-refractivity contribution in [3.8, 4) is 5.75 Å². The molecule has 1 N–H and O–H groups in total. The minimum atomic E-state index is 0.570. The zero-order chi connectivity index (χ0) is 18.7. The van der Waals surface area contributed by atoms with Gasteiger partial charge in [0.05, 0.1) is 22.8 Å². The Balaban J connectivity index is 1.62. The number of aryl methyl sites for hydroxylation is 1. The second-order valence-corrected chi connectivity index (χ2v) is 7.24. The predicted octanol–water partition coefficient (Wildman–Crippen LogP) is 4.22. The molecule has 2 heterocycles. The van der Waals surface area contributed by atoms with E-state index in [-0.39, 0.29) is 0 Å². The molecule has 0 spiro atoms. The third kappa shape index (κ3) is 4.14. The van der Waals surface area contributed by atoms with E-state index >= 15 is 0 Å². The van der Waals surface area contributed by atoms with Crippen molar-refractivity contribution in [2.75, 3.05) is 43.5 Å². The first kappa shape index (κ1) is 19.0. The number of aromatic nitrogens is 1. The van der Waals surface area contributed by atoms with Crippen LogP contribution in [0.15, 0.2) is 30.6 Å². The lowest BCUT2D eigenvalue weighted by atomic mass is 10.2. The van der Waals surface area contributed by atoms with Crippen molar-refractivity contribution in [3.05, 3.63) is 46.2 Å². The summed E-state index contributed by atoms with van der Waals surface area (Å²) in [5, 5.41) is 5.18. The summed E-state index contributed by atoms with van der Waals surface area (Å²) in [6.45, 7) is 5.17. The van der Waals surface area contributed by atoms with Gasteiger partial charge in [0.1, 0.15) is 5.75 Å². The monoisotopic (exact) mass is 410 g/mol. The Morgan fingerprint density at radius 2 is 1.81 bits per heavy atom. The molecule has 1 saturated heterocycles. The molecular formula is C18H20Cl2N4OS. The summed E-state index contributed by atoms with van der Waals surface area (Å²) in [5.41, 5.74) is 2.91. The molecule has 26 heavy (non-hydrogen) atoms. The number of thiocarbonyl (C=S) groups is 1. The van der Waals surface area contributed by atoms with Crippen LogP contribution in [-0.2, 0) is 0 Å². The largest absolute Gasteiger partial charge is 0.497 e. The number of anilines is 2. The number of rotatable bonds is 3. The average molecular weight is 411 g/mol. The van der Waals surface area contributed by atoms with Crippen molar-refractivity contribution in [2.24, 2.45) is 0 Å². The highest BCUT2D eigenvalue weighted by Crippen LogP contribution is 2.33. The first-order valence-corrected chi connectivity index (χ1v) is 9.40. The molecule has 0 bridgehead atoms. The van der Waals surface area contributed by atoms with Gasteiger partial charge in [-0.05, 0) is 42.9 Å². The van der Waals surface area contributed by atoms with Crippen molar-refractivity contribution in [2.45, 2.75) is 6.92 Å². The SMILES string of the molecule is COc1ccc(NC(=S)N2CCN(c3c(Cl)cncc3Cl)CC2)c(C)c1. The molecule has 5 nitrogen and oxygen atoms in total. The topological polar surface area (TPSA) is 40.6 Å². The molecule has 0 atom stereocenters. The number of ether oxygens (including phenoxy) is 1. The summed E-state index contributed by atoms with van der Waals surface area (Å²) in [5.74, 6) is 0.832. The predicted molar refractivity (Wildman–Crippen MR) is 112 cm³/mol. The van der Waals surface area contributed by atoms with E-state index in [1.54, 1.807) is 19.5 Å². The first-order chi connectivity index (χ1) is 12.5. The summed E-state index contributed by atoms with van der Waals surface area (Å²) in [6, 6.07) is 5.88. The van der Waals surface area contributed by atoms with Crippen LogP contribution in [0.1, 0.15) is 5.56 Å². The van der Waals surface area contributed by atoms with E-state index in [0.717, 1.165) is 48.9 Å². The molecule has 1 aromatic heterocycles. The number of halogens is 2. The van der Waals surface area contributed by atoms with E-state index in [9.17, 15) is 0 Å². The maximum absolute atomic E-state index is 6.26. The lowest BCUT2D eigenvalue weighted by Crippen LogP contribution is -2.50. The highest BCUT2D eigenvalue weighted by molar-refractivity contribution is 7.80. The maximum atomic E-state index is 6.26. The van der Waals surface area contributed by atoms with Crippen LogP contribution in [0, 0.1) is 6.92 Å². The zero-order valence-corrected chi connectivity index (χ0v) is 17.0. The Morgan fingerprint density at radius 1 is 1.15 bits per heavy atom. The van der Waals surface area contributed by atoms with Gasteiger partial charge < -0.3 is 19.9 Å². The molecule has 138 valence electrons. The molecule has 1 aromatic carbocycles. The summed E-state index contributed by atoms with van der Waals surface area (Å²) in [7, 11) is 1.66. The number of nitrogens with one attached hydrogen (secondary N) is 1. The van der Waals surface area contributed by atoms with Gasteiger partial charge in [-0.15, -0.1) is 0 Å². The maximum Gasteiger partial charge on any atom is 0.173 e. The average Bonchev–Trinajstić information content (AvgIpc) is 2.63. The molecule has 2 aromatic rings. The third-order valence-electron chi connectivity index (χ3n) is 4.39. The highest BCUT2D eigenvalue weighted by atomic mass is 35.5. The Hall–Kier alpha value is -1.76. The molecule has 1 aliphatic heterocycles. The van der Waals surface area contributed by atoms with Crippen LogP contribution < -0.4 is 15.0 Å². The summed E-state index contributed by atoms with van der Waals surface area (Å²) < 4.78 is 5.24. The van der Waals surface area contributed by atoms with Gasteiger partial charge in [-0.1, -0.05) is 23.2 Å². The fourth-order valence-electron chi connectivity index (χ4n) is 2.94. The number of nitrogens with zero attached hydrogens (tertiary/aromatic N) is 3. The van der Waals surface area contributed by atoms with E-state index in [1.165, 1.54) is 0 Å². The lowest BCUT2D eigenvalue weighted by Gasteiger charge is -2.38. The normalized spacial score (nSPS) is 14.3. The third-order valence-corrected chi connectivity index (χ3v) is 5.30. The molecule has 0 unspecified atom stereocenters. The minimum absolute atomic E-state index is 0.570. The number of hydrogen-bond donors (Lipinski definition) is 1. The summed E-state index contributed by atoms with van der Waals surface area (Å²) in [6.07, 6.45) is 3.24. The number of benzene rings is 1. The zero-order valence-electron chi connectivity index (χ0n) is 14.6. The van der Waals surface area contributed by atoms with Crippen molar-refractivity contribution in [1.29, 1.82) is 0 Å². The van der Waals surface area contributed by atoms with E-state index in [0.29, 0.717) is 15.2 Å². The molecule has 0 radical (unpaired) electrons. The second-order valence-electron chi connectivity index (χ2n) is 6.04. The Bertz CT molecular complexity index is 790. The molecule has 0 amide bonds. The van der Waals surface area contributed by atoms with Crippen LogP contribution in [0.4, 0.5) is 11.4 Å². The van der Waals surface area contributed by atoms with Gasteiger partial charge in [-0.2, -0.15) is 0 Å². The first-order valence-electron chi connectivity index (χ1n) is 8.24. The number of methoxy groups -OCH3 is 1.